The lowest BCUT2D eigenvalue weighted by atomic mass is 10.1. The Morgan fingerprint density at radius 1 is 1.33 bits per heavy atom. The van der Waals surface area contributed by atoms with Crippen LogP contribution >= 0.6 is 11.6 Å². The highest BCUT2D eigenvalue weighted by atomic mass is 35.5. The fourth-order valence-corrected chi connectivity index (χ4v) is 2.09. The molecule has 1 aromatic carbocycles. The van der Waals surface area contributed by atoms with Crippen molar-refractivity contribution in [1.82, 2.24) is 0 Å². The van der Waals surface area contributed by atoms with E-state index in [1.54, 1.807) is 24.3 Å². The molecule has 1 aromatic rings. The average Bonchev–Trinajstić information content (AvgIpc) is 2.05. The van der Waals surface area contributed by atoms with Crippen molar-refractivity contribution in [2.45, 2.75) is 6.42 Å². The lowest BCUT2D eigenvalue weighted by Gasteiger charge is -2.02. The number of hydrogen-bond donors (Lipinski definition) is 0. The molecule has 0 aliphatic rings. The van der Waals surface area contributed by atoms with E-state index < -0.39 is 15.6 Å². The molecule has 0 amide bonds. The molecule has 0 unspecified atom stereocenters. The second-order valence-corrected chi connectivity index (χ2v) is 5.92. The van der Waals surface area contributed by atoms with E-state index in [1.807, 2.05) is 0 Å². The topological polar surface area (TPSA) is 51.2 Å². The molecule has 0 N–H and O–H groups in total. The largest absolute Gasteiger partial charge is 0.298 e. The molecule has 0 radical (unpaired) electrons. The van der Waals surface area contributed by atoms with Gasteiger partial charge < -0.3 is 0 Å². The van der Waals surface area contributed by atoms with E-state index in [0.29, 0.717) is 10.6 Å². The Labute approximate surface area is 94.0 Å². The van der Waals surface area contributed by atoms with E-state index in [4.69, 9.17) is 11.6 Å². The normalized spacial score (nSPS) is 11.3. The van der Waals surface area contributed by atoms with Crippen molar-refractivity contribution in [3.63, 3.8) is 0 Å². The van der Waals surface area contributed by atoms with Crippen LogP contribution in [-0.2, 0) is 21.1 Å². The van der Waals surface area contributed by atoms with Crippen molar-refractivity contribution >= 4 is 27.2 Å². The standard InChI is InChI=1S/C10H11ClO3S/c1-15(13,14)7-9(12)6-8-4-2-3-5-10(8)11/h2-5H,6-7H2,1H3. The molecule has 0 saturated carbocycles. The van der Waals surface area contributed by atoms with E-state index >= 15 is 0 Å². The quantitative estimate of drug-likeness (QED) is 0.809. The molecule has 0 saturated heterocycles. The summed E-state index contributed by atoms with van der Waals surface area (Å²) >= 11 is 5.84. The summed E-state index contributed by atoms with van der Waals surface area (Å²) in [6, 6.07) is 6.90. The van der Waals surface area contributed by atoms with Gasteiger partial charge in [0.1, 0.15) is 5.75 Å². The van der Waals surface area contributed by atoms with E-state index in [1.165, 1.54) is 0 Å². The molecule has 0 fully saturated rings. The number of carbonyl (C=O) groups excluding carboxylic acids is 1. The number of Topliss-reactive ketones (excluding diaryl/α,β-unsaturated/α-hetero) is 1. The van der Waals surface area contributed by atoms with Gasteiger partial charge in [-0.25, -0.2) is 8.42 Å². The molecule has 0 atom stereocenters. The fourth-order valence-electron chi connectivity index (χ4n) is 1.20. The third-order valence-electron chi connectivity index (χ3n) is 1.77. The maximum absolute atomic E-state index is 11.3. The van der Waals surface area contributed by atoms with E-state index in [0.717, 1.165) is 6.26 Å². The van der Waals surface area contributed by atoms with Crippen molar-refractivity contribution in [1.29, 1.82) is 0 Å². The van der Waals surface area contributed by atoms with Crippen LogP contribution in [0.1, 0.15) is 5.56 Å². The monoisotopic (exact) mass is 246 g/mol. The summed E-state index contributed by atoms with van der Waals surface area (Å²) in [5, 5.41) is 0.486. The number of carbonyl (C=O) groups is 1. The van der Waals surface area contributed by atoms with Crippen LogP contribution in [0.2, 0.25) is 5.02 Å². The zero-order valence-electron chi connectivity index (χ0n) is 8.23. The third kappa shape index (κ3) is 4.44. The molecule has 3 nitrogen and oxygen atoms in total. The highest BCUT2D eigenvalue weighted by Crippen LogP contribution is 2.15. The van der Waals surface area contributed by atoms with Crippen molar-refractivity contribution in [3.8, 4) is 0 Å². The minimum Gasteiger partial charge on any atom is -0.298 e. The molecular formula is C10H11ClO3S. The maximum atomic E-state index is 11.3. The number of rotatable bonds is 4. The third-order valence-corrected chi connectivity index (χ3v) is 2.98. The average molecular weight is 247 g/mol. The first-order chi connectivity index (χ1) is 6.88. The van der Waals surface area contributed by atoms with Crippen LogP contribution < -0.4 is 0 Å². The van der Waals surface area contributed by atoms with Gasteiger partial charge in [-0.2, -0.15) is 0 Å². The number of sulfone groups is 1. The summed E-state index contributed by atoms with van der Waals surface area (Å²) in [5.74, 6) is -0.774. The molecular weight excluding hydrogens is 236 g/mol. The van der Waals surface area contributed by atoms with Crippen LogP contribution in [0.4, 0.5) is 0 Å². The number of halogens is 1. The van der Waals surface area contributed by atoms with Gasteiger partial charge in [0, 0.05) is 17.7 Å². The van der Waals surface area contributed by atoms with Gasteiger partial charge in [-0.15, -0.1) is 0 Å². The molecule has 0 aliphatic carbocycles. The van der Waals surface area contributed by atoms with Gasteiger partial charge in [-0.1, -0.05) is 29.8 Å². The summed E-state index contributed by atoms with van der Waals surface area (Å²) in [6.45, 7) is 0. The lowest BCUT2D eigenvalue weighted by molar-refractivity contribution is -0.116. The van der Waals surface area contributed by atoms with E-state index in [9.17, 15) is 13.2 Å². The molecule has 82 valence electrons. The summed E-state index contributed by atoms with van der Waals surface area (Å²) < 4.78 is 21.7. The Balaban J connectivity index is 2.72. The number of benzene rings is 1. The first-order valence-electron chi connectivity index (χ1n) is 4.31. The SMILES string of the molecule is CS(=O)(=O)CC(=O)Cc1ccccc1Cl. The molecule has 0 bridgehead atoms. The second kappa shape index (κ2) is 4.77. The summed E-state index contributed by atoms with van der Waals surface area (Å²) in [6.07, 6.45) is 1.10. The number of hydrogen-bond acceptors (Lipinski definition) is 3. The van der Waals surface area contributed by atoms with E-state index in [2.05, 4.69) is 0 Å². The second-order valence-electron chi connectivity index (χ2n) is 3.38. The van der Waals surface area contributed by atoms with Gasteiger partial charge in [-0.05, 0) is 11.6 Å². The highest BCUT2D eigenvalue weighted by molar-refractivity contribution is 7.91. The van der Waals surface area contributed by atoms with E-state index in [-0.39, 0.29) is 12.2 Å². The maximum Gasteiger partial charge on any atom is 0.154 e. The lowest BCUT2D eigenvalue weighted by Crippen LogP contribution is -2.16. The smallest absolute Gasteiger partial charge is 0.154 e. The van der Waals surface area contributed by atoms with Crippen LogP contribution in [-0.4, -0.2) is 26.2 Å². The Morgan fingerprint density at radius 2 is 1.93 bits per heavy atom. The predicted octanol–water partition coefficient (Wildman–Crippen LogP) is 1.50. The molecule has 0 aromatic heterocycles. The van der Waals surface area contributed by atoms with Gasteiger partial charge in [0.25, 0.3) is 0 Å². The summed E-state index contributed by atoms with van der Waals surface area (Å²) in [7, 11) is -3.25. The van der Waals surface area contributed by atoms with Crippen LogP contribution in [0.3, 0.4) is 0 Å². The van der Waals surface area contributed by atoms with Crippen LogP contribution in [0.25, 0.3) is 0 Å². The van der Waals surface area contributed by atoms with Gasteiger partial charge >= 0.3 is 0 Å². The molecule has 0 heterocycles. The molecule has 5 heteroatoms. The van der Waals surface area contributed by atoms with Crippen molar-refractivity contribution in [3.05, 3.63) is 34.9 Å². The molecule has 15 heavy (non-hydrogen) atoms. The van der Waals surface area contributed by atoms with Crippen LogP contribution in [0.15, 0.2) is 24.3 Å². The predicted molar refractivity (Wildman–Crippen MR) is 59.9 cm³/mol. The number of ketones is 1. The first kappa shape index (κ1) is 12.2. The van der Waals surface area contributed by atoms with Gasteiger partial charge in [0.05, 0.1) is 0 Å². The zero-order chi connectivity index (χ0) is 11.5. The Morgan fingerprint density at radius 3 is 2.47 bits per heavy atom. The molecule has 0 aliphatic heterocycles. The Hall–Kier alpha value is -0.870. The minimum atomic E-state index is -3.25. The Kier molecular flexibility index (Phi) is 3.88. The van der Waals surface area contributed by atoms with Crippen molar-refractivity contribution < 1.29 is 13.2 Å². The summed E-state index contributed by atoms with van der Waals surface area (Å²) in [4.78, 5) is 11.3. The minimum absolute atomic E-state index is 0.0622. The van der Waals surface area contributed by atoms with Crippen LogP contribution in [0.5, 0.6) is 0 Å². The van der Waals surface area contributed by atoms with Gasteiger partial charge in [-0.3, -0.25) is 4.79 Å². The van der Waals surface area contributed by atoms with Crippen molar-refractivity contribution in [2.24, 2.45) is 0 Å². The Bertz CT molecular complexity index is 465. The van der Waals surface area contributed by atoms with Gasteiger partial charge in [0.15, 0.2) is 15.6 Å². The van der Waals surface area contributed by atoms with Gasteiger partial charge in [0.2, 0.25) is 0 Å². The van der Waals surface area contributed by atoms with Crippen molar-refractivity contribution in [2.75, 3.05) is 12.0 Å². The molecule has 1 rings (SSSR count). The molecule has 0 spiro atoms. The fraction of sp³-hybridized carbons (Fsp3) is 0.300. The zero-order valence-corrected chi connectivity index (χ0v) is 9.81. The van der Waals surface area contributed by atoms with Crippen LogP contribution in [0, 0.1) is 0 Å². The first-order valence-corrected chi connectivity index (χ1v) is 6.75. The summed E-state index contributed by atoms with van der Waals surface area (Å²) in [5.41, 5.74) is 0.660. The highest BCUT2D eigenvalue weighted by Gasteiger charge is 2.12.